The summed E-state index contributed by atoms with van der Waals surface area (Å²) in [6, 6.07) is 7.03. The second-order valence-corrected chi connectivity index (χ2v) is 3.69. The van der Waals surface area contributed by atoms with E-state index in [2.05, 4.69) is 5.32 Å². The molecular formula is C11H8ClNO2. The lowest BCUT2D eigenvalue weighted by atomic mass is 10.1. The van der Waals surface area contributed by atoms with E-state index in [9.17, 15) is 9.59 Å². The minimum Gasteiger partial charge on any atom is -0.323 e. The number of hydrogen-bond acceptors (Lipinski definition) is 2. The first-order valence-electron chi connectivity index (χ1n) is 4.45. The summed E-state index contributed by atoms with van der Waals surface area (Å²) >= 11 is 5.72. The van der Waals surface area contributed by atoms with Gasteiger partial charge in [-0.1, -0.05) is 23.7 Å². The van der Waals surface area contributed by atoms with Gasteiger partial charge in [-0.15, -0.1) is 0 Å². The van der Waals surface area contributed by atoms with Crippen molar-refractivity contribution in [2.75, 3.05) is 0 Å². The number of ketones is 1. The van der Waals surface area contributed by atoms with E-state index in [1.807, 2.05) is 0 Å². The van der Waals surface area contributed by atoms with Crippen LogP contribution in [0.1, 0.15) is 12.0 Å². The Labute approximate surface area is 91.7 Å². The largest absolute Gasteiger partial charge is 0.323 e. The molecule has 1 aliphatic rings. The highest BCUT2D eigenvalue weighted by atomic mass is 35.5. The van der Waals surface area contributed by atoms with Crippen LogP contribution in [0.2, 0.25) is 5.02 Å². The van der Waals surface area contributed by atoms with Crippen LogP contribution in [0.15, 0.2) is 30.0 Å². The molecule has 3 nitrogen and oxygen atoms in total. The van der Waals surface area contributed by atoms with Crippen molar-refractivity contribution in [1.29, 1.82) is 0 Å². The maximum absolute atomic E-state index is 11.3. The highest BCUT2D eigenvalue weighted by molar-refractivity contribution is 6.30. The van der Waals surface area contributed by atoms with Crippen LogP contribution in [0.3, 0.4) is 0 Å². The Balaban J connectivity index is 2.27. The Morgan fingerprint density at radius 2 is 1.87 bits per heavy atom. The van der Waals surface area contributed by atoms with E-state index >= 15 is 0 Å². The maximum atomic E-state index is 11.3. The summed E-state index contributed by atoms with van der Waals surface area (Å²) in [6.07, 6.45) is 1.59. The number of Topliss-reactive ketones (excluding diaryl/α,β-unsaturated/α-hetero) is 1. The Hall–Kier alpha value is -1.61. The third-order valence-electron chi connectivity index (χ3n) is 2.08. The molecule has 1 aromatic carbocycles. The minimum atomic E-state index is -0.250. The third kappa shape index (κ3) is 2.25. The molecule has 4 heteroatoms. The lowest BCUT2D eigenvalue weighted by molar-refractivity contribution is -0.121. The van der Waals surface area contributed by atoms with Gasteiger partial charge >= 0.3 is 0 Å². The van der Waals surface area contributed by atoms with Crippen molar-refractivity contribution in [3.63, 3.8) is 0 Å². The molecule has 0 saturated carbocycles. The number of nitrogens with one attached hydrogen (secondary N) is 1. The fourth-order valence-electron chi connectivity index (χ4n) is 1.35. The van der Waals surface area contributed by atoms with E-state index in [1.54, 1.807) is 30.3 Å². The molecule has 0 bridgehead atoms. The first-order valence-corrected chi connectivity index (χ1v) is 4.83. The van der Waals surface area contributed by atoms with E-state index in [-0.39, 0.29) is 18.1 Å². The lowest BCUT2D eigenvalue weighted by Gasteiger charge is -1.97. The molecule has 1 aromatic rings. The van der Waals surface area contributed by atoms with Gasteiger partial charge in [-0.25, -0.2) is 0 Å². The zero-order valence-electron chi connectivity index (χ0n) is 7.79. The van der Waals surface area contributed by atoms with Crippen molar-refractivity contribution in [2.24, 2.45) is 0 Å². The lowest BCUT2D eigenvalue weighted by Crippen LogP contribution is -2.12. The van der Waals surface area contributed by atoms with Gasteiger partial charge in [0, 0.05) is 5.02 Å². The zero-order chi connectivity index (χ0) is 10.8. The molecule has 1 fully saturated rings. The number of rotatable bonds is 1. The van der Waals surface area contributed by atoms with Crippen LogP contribution >= 0.6 is 11.6 Å². The van der Waals surface area contributed by atoms with Gasteiger partial charge in [0.05, 0.1) is 12.1 Å². The van der Waals surface area contributed by atoms with Crippen LogP contribution in [0.4, 0.5) is 0 Å². The number of carbonyl (C=O) groups is 2. The Bertz CT molecular complexity index is 448. The Kier molecular flexibility index (Phi) is 2.56. The van der Waals surface area contributed by atoms with Gasteiger partial charge < -0.3 is 5.32 Å². The van der Waals surface area contributed by atoms with Crippen molar-refractivity contribution in [2.45, 2.75) is 6.42 Å². The number of amides is 1. The normalized spacial score (nSPS) is 18.3. The molecule has 1 saturated heterocycles. The van der Waals surface area contributed by atoms with E-state index < -0.39 is 0 Å². The van der Waals surface area contributed by atoms with Crippen molar-refractivity contribution in [3.8, 4) is 0 Å². The van der Waals surface area contributed by atoms with Crippen LogP contribution in [0.5, 0.6) is 0 Å². The van der Waals surface area contributed by atoms with E-state index in [0.29, 0.717) is 10.7 Å². The SMILES string of the molecule is O=C1CC(=O)/C(=C\c2ccc(Cl)cc2)N1. The predicted octanol–water partition coefficient (Wildman–Crippen LogP) is 1.77. The summed E-state index contributed by atoms with van der Waals surface area (Å²) in [7, 11) is 0. The van der Waals surface area contributed by atoms with Gasteiger partial charge in [0.25, 0.3) is 0 Å². The predicted molar refractivity (Wildman–Crippen MR) is 57.2 cm³/mol. The molecule has 0 aliphatic carbocycles. The highest BCUT2D eigenvalue weighted by Crippen LogP contribution is 2.14. The monoisotopic (exact) mass is 221 g/mol. The molecule has 0 unspecified atom stereocenters. The maximum Gasteiger partial charge on any atom is 0.232 e. The Morgan fingerprint density at radius 3 is 2.40 bits per heavy atom. The molecule has 2 rings (SSSR count). The highest BCUT2D eigenvalue weighted by Gasteiger charge is 2.23. The van der Waals surface area contributed by atoms with Crippen LogP contribution in [-0.4, -0.2) is 11.7 Å². The van der Waals surface area contributed by atoms with Crippen molar-refractivity contribution >= 4 is 29.4 Å². The van der Waals surface area contributed by atoms with Crippen molar-refractivity contribution < 1.29 is 9.59 Å². The summed E-state index contributed by atoms with van der Waals surface area (Å²) in [5.41, 5.74) is 1.19. The summed E-state index contributed by atoms with van der Waals surface area (Å²) in [5.74, 6) is -0.421. The first kappa shape index (κ1) is 9.93. The molecule has 1 heterocycles. The van der Waals surface area contributed by atoms with Crippen LogP contribution in [-0.2, 0) is 9.59 Å². The standard InChI is InChI=1S/C11H8ClNO2/c12-8-3-1-7(2-4-8)5-9-10(14)6-11(15)13-9/h1-5H,6H2,(H,13,15)/b9-5+. The average molecular weight is 222 g/mol. The average Bonchev–Trinajstić information content (AvgIpc) is 2.49. The summed E-state index contributed by atoms with van der Waals surface area (Å²) < 4.78 is 0. The van der Waals surface area contributed by atoms with E-state index in [0.717, 1.165) is 5.56 Å². The van der Waals surface area contributed by atoms with Gasteiger partial charge in [0.15, 0.2) is 5.78 Å². The van der Waals surface area contributed by atoms with Crippen LogP contribution in [0.25, 0.3) is 6.08 Å². The second kappa shape index (κ2) is 3.87. The van der Waals surface area contributed by atoms with Gasteiger partial charge in [-0.3, -0.25) is 9.59 Å². The molecule has 15 heavy (non-hydrogen) atoms. The van der Waals surface area contributed by atoms with E-state index in [4.69, 9.17) is 11.6 Å². The zero-order valence-corrected chi connectivity index (χ0v) is 8.54. The number of allylic oxidation sites excluding steroid dienone is 1. The molecule has 1 amide bonds. The molecule has 1 aliphatic heterocycles. The molecule has 0 atom stereocenters. The van der Waals surface area contributed by atoms with Gasteiger partial charge in [-0.2, -0.15) is 0 Å². The first-order chi connectivity index (χ1) is 7.15. The topological polar surface area (TPSA) is 46.2 Å². The quantitative estimate of drug-likeness (QED) is 0.580. The van der Waals surface area contributed by atoms with Crippen LogP contribution in [0, 0.1) is 0 Å². The van der Waals surface area contributed by atoms with Crippen molar-refractivity contribution in [3.05, 3.63) is 40.5 Å². The number of halogens is 1. The molecule has 0 aromatic heterocycles. The fourth-order valence-corrected chi connectivity index (χ4v) is 1.47. The smallest absolute Gasteiger partial charge is 0.232 e. The number of carbonyl (C=O) groups excluding carboxylic acids is 2. The van der Waals surface area contributed by atoms with Gasteiger partial charge in [-0.05, 0) is 23.8 Å². The molecule has 76 valence electrons. The van der Waals surface area contributed by atoms with E-state index in [1.165, 1.54) is 0 Å². The fraction of sp³-hybridized carbons (Fsp3) is 0.0909. The number of benzene rings is 1. The van der Waals surface area contributed by atoms with Gasteiger partial charge in [0.2, 0.25) is 5.91 Å². The molecular weight excluding hydrogens is 214 g/mol. The van der Waals surface area contributed by atoms with Crippen LogP contribution < -0.4 is 5.32 Å². The summed E-state index contributed by atoms with van der Waals surface area (Å²) in [4.78, 5) is 22.2. The number of hydrogen-bond donors (Lipinski definition) is 1. The summed E-state index contributed by atoms with van der Waals surface area (Å²) in [5, 5.41) is 3.14. The Morgan fingerprint density at radius 1 is 1.20 bits per heavy atom. The minimum absolute atomic E-state index is 0.0561. The summed E-state index contributed by atoms with van der Waals surface area (Å²) in [6.45, 7) is 0. The van der Waals surface area contributed by atoms with Gasteiger partial charge in [0.1, 0.15) is 0 Å². The van der Waals surface area contributed by atoms with Crippen molar-refractivity contribution in [1.82, 2.24) is 5.32 Å². The molecule has 0 radical (unpaired) electrons. The molecule has 0 spiro atoms. The third-order valence-corrected chi connectivity index (χ3v) is 2.33. The molecule has 1 N–H and O–H groups in total. The second-order valence-electron chi connectivity index (χ2n) is 3.26.